The number of aryl methyl sites for hydroxylation is 1. The minimum Gasteiger partial charge on any atom is -0.363 e. The van der Waals surface area contributed by atoms with Crippen LogP contribution in [-0.4, -0.2) is 35.0 Å². The summed E-state index contributed by atoms with van der Waals surface area (Å²) >= 11 is 0. The molecule has 0 aliphatic carbocycles. The van der Waals surface area contributed by atoms with Crippen molar-refractivity contribution < 1.29 is 0 Å². The van der Waals surface area contributed by atoms with E-state index in [1.165, 1.54) is 18.5 Å². The maximum atomic E-state index is 4.31. The van der Waals surface area contributed by atoms with Gasteiger partial charge in [0.2, 0.25) is 0 Å². The molecule has 1 N–H and O–H groups in total. The molecule has 1 fully saturated rings. The predicted molar refractivity (Wildman–Crippen MR) is 75.9 cm³/mol. The quantitative estimate of drug-likeness (QED) is 0.887. The largest absolute Gasteiger partial charge is 0.363 e. The number of anilines is 1. The van der Waals surface area contributed by atoms with E-state index in [1.54, 1.807) is 0 Å². The predicted octanol–water partition coefficient (Wildman–Crippen LogP) is 2.02. The summed E-state index contributed by atoms with van der Waals surface area (Å²) in [6.45, 7) is 9.04. The monoisotopic (exact) mass is 250 g/mol. The molecule has 102 valence electrons. The first-order chi connectivity index (χ1) is 8.61. The van der Waals surface area contributed by atoms with Crippen LogP contribution in [0, 0.1) is 5.92 Å². The molecule has 4 nitrogen and oxygen atoms in total. The molecule has 18 heavy (non-hydrogen) atoms. The van der Waals surface area contributed by atoms with Crippen LogP contribution in [-0.2, 0) is 7.05 Å². The van der Waals surface area contributed by atoms with Gasteiger partial charge >= 0.3 is 0 Å². The topological polar surface area (TPSA) is 33.1 Å². The highest BCUT2D eigenvalue weighted by molar-refractivity contribution is 5.45. The lowest BCUT2D eigenvalue weighted by Crippen LogP contribution is -2.58. The fourth-order valence-electron chi connectivity index (χ4n) is 2.83. The fourth-order valence-corrected chi connectivity index (χ4v) is 2.83. The summed E-state index contributed by atoms with van der Waals surface area (Å²) in [5, 5.41) is 8.00. The van der Waals surface area contributed by atoms with Crippen LogP contribution in [0.5, 0.6) is 0 Å². The first-order valence-electron chi connectivity index (χ1n) is 7.10. The molecule has 0 spiro atoms. The Bertz CT molecular complexity index is 372. The number of nitrogens with zero attached hydrogens (tertiary/aromatic N) is 3. The molecule has 2 heterocycles. The summed E-state index contributed by atoms with van der Waals surface area (Å²) in [6.07, 6.45) is 6.61. The second kappa shape index (κ2) is 5.74. The van der Waals surface area contributed by atoms with Crippen molar-refractivity contribution in [1.29, 1.82) is 0 Å². The molecular formula is C14H26N4. The molecule has 0 aromatic carbocycles. The standard InChI is InChI=1S/C14H26N4/c1-5-6-12-9-18(13-7-16-17(4)10-13)14(8-15-12)11(2)3/h7,10-12,14-15H,5-6,8-9H2,1-4H3. The molecule has 0 radical (unpaired) electrons. The molecule has 1 aromatic heterocycles. The van der Waals surface area contributed by atoms with Crippen molar-refractivity contribution in [2.75, 3.05) is 18.0 Å². The highest BCUT2D eigenvalue weighted by Gasteiger charge is 2.30. The summed E-state index contributed by atoms with van der Waals surface area (Å²) in [5.41, 5.74) is 1.26. The average Bonchev–Trinajstić information content (AvgIpc) is 2.76. The van der Waals surface area contributed by atoms with Crippen LogP contribution in [0.25, 0.3) is 0 Å². The molecule has 2 rings (SSSR count). The fraction of sp³-hybridized carbons (Fsp3) is 0.786. The van der Waals surface area contributed by atoms with Gasteiger partial charge in [0.25, 0.3) is 0 Å². The third-order valence-electron chi connectivity index (χ3n) is 3.86. The van der Waals surface area contributed by atoms with E-state index in [4.69, 9.17) is 0 Å². The van der Waals surface area contributed by atoms with Crippen molar-refractivity contribution in [2.45, 2.75) is 45.7 Å². The Balaban J connectivity index is 2.14. The van der Waals surface area contributed by atoms with Crippen LogP contribution in [0.15, 0.2) is 12.4 Å². The Labute approximate surface area is 110 Å². The minimum atomic E-state index is 0.572. The summed E-state index contributed by atoms with van der Waals surface area (Å²) in [5.74, 6) is 0.653. The zero-order valence-electron chi connectivity index (χ0n) is 12.1. The van der Waals surface area contributed by atoms with E-state index in [-0.39, 0.29) is 0 Å². The van der Waals surface area contributed by atoms with Gasteiger partial charge in [-0.3, -0.25) is 4.68 Å². The Kier molecular flexibility index (Phi) is 4.27. The van der Waals surface area contributed by atoms with Crippen LogP contribution in [0.2, 0.25) is 0 Å². The number of nitrogens with one attached hydrogen (secondary N) is 1. The zero-order valence-corrected chi connectivity index (χ0v) is 12.1. The van der Waals surface area contributed by atoms with E-state index in [0.29, 0.717) is 18.0 Å². The van der Waals surface area contributed by atoms with Crippen molar-refractivity contribution >= 4 is 5.69 Å². The Morgan fingerprint density at radius 2 is 2.28 bits per heavy atom. The minimum absolute atomic E-state index is 0.572. The van der Waals surface area contributed by atoms with Gasteiger partial charge in [0, 0.05) is 38.4 Å². The lowest BCUT2D eigenvalue weighted by atomic mass is 9.97. The van der Waals surface area contributed by atoms with E-state index in [2.05, 4.69) is 42.3 Å². The molecule has 0 amide bonds. The lowest BCUT2D eigenvalue weighted by molar-refractivity contribution is 0.327. The van der Waals surface area contributed by atoms with Crippen molar-refractivity contribution in [3.63, 3.8) is 0 Å². The number of piperazine rings is 1. The molecule has 0 saturated carbocycles. The second-order valence-electron chi connectivity index (χ2n) is 5.73. The highest BCUT2D eigenvalue weighted by Crippen LogP contribution is 2.24. The second-order valence-corrected chi connectivity index (χ2v) is 5.73. The zero-order chi connectivity index (χ0) is 13.1. The van der Waals surface area contributed by atoms with E-state index < -0.39 is 0 Å². The Hall–Kier alpha value is -1.03. The smallest absolute Gasteiger partial charge is 0.0755 e. The molecule has 1 aliphatic heterocycles. The first-order valence-corrected chi connectivity index (χ1v) is 7.10. The van der Waals surface area contributed by atoms with Crippen LogP contribution in [0.4, 0.5) is 5.69 Å². The summed E-state index contributed by atoms with van der Waals surface area (Å²) in [4.78, 5) is 2.54. The van der Waals surface area contributed by atoms with Crippen molar-refractivity contribution in [1.82, 2.24) is 15.1 Å². The third-order valence-corrected chi connectivity index (χ3v) is 3.86. The van der Waals surface area contributed by atoms with Gasteiger partial charge in [0.15, 0.2) is 0 Å². The van der Waals surface area contributed by atoms with Crippen LogP contribution < -0.4 is 10.2 Å². The molecule has 2 atom stereocenters. The summed E-state index contributed by atoms with van der Waals surface area (Å²) in [6, 6.07) is 1.19. The van der Waals surface area contributed by atoms with Gasteiger partial charge in [0.05, 0.1) is 11.9 Å². The molecule has 1 aromatic rings. The lowest BCUT2D eigenvalue weighted by Gasteiger charge is -2.43. The molecule has 0 bridgehead atoms. The molecule has 1 saturated heterocycles. The molecule has 2 unspecified atom stereocenters. The first kappa shape index (κ1) is 13.4. The third kappa shape index (κ3) is 2.86. The number of aromatic nitrogens is 2. The summed E-state index contributed by atoms with van der Waals surface area (Å²) < 4.78 is 1.89. The summed E-state index contributed by atoms with van der Waals surface area (Å²) in [7, 11) is 1.99. The van der Waals surface area contributed by atoms with Crippen LogP contribution >= 0.6 is 0 Å². The maximum Gasteiger partial charge on any atom is 0.0755 e. The van der Waals surface area contributed by atoms with Gasteiger partial charge < -0.3 is 10.2 Å². The number of hydrogen-bond donors (Lipinski definition) is 1. The molecular weight excluding hydrogens is 224 g/mol. The molecule has 1 aliphatic rings. The normalized spacial score (nSPS) is 24.8. The SMILES string of the molecule is CCCC1CN(c2cnn(C)c2)C(C(C)C)CN1. The van der Waals surface area contributed by atoms with E-state index in [1.807, 2.05) is 17.9 Å². The van der Waals surface area contributed by atoms with Gasteiger partial charge in [-0.15, -0.1) is 0 Å². The van der Waals surface area contributed by atoms with Crippen LogP contribution in [0.3, 0.4) is 0 Å². The number of rotatable bonds is 4. The van der Waals surface area contributed by atoms with E-state index in [0.717, 1.165) is 13.1 Å². The molecule has 4 heteroatoms. The maximum absolute atomic E-state index is 4.31. The van der Waals surface area contributed by atoms with Gasteiger partial charge in [-0.05, 0) is 12.3 Å². The van der Waals surface area contributed by atoms with Gasteiger partial charge in [-0.1, -0.05) is 27.2 Å². The Morgan fingerprint density at radius 1 is 1.50 bits per heavy atom. The highest BCUT2D eigenvalue weighted by atomic mass is 15.3. The Morgan fingerprint density at radius 3 is 2.83 bits per heavy atom. The van der Waals surface area contributed by atoms with Crippen molar-refractivity contribution in [2.24, 2.45) is 13.0 Å². The number of hydrogen-bond acceptors (Lipinski definition) is 3. The van der Waals surface area contributed by atoms with Crippen molar-refractivity contribution in [3.8, 4) is 0 Å². The van der Waals surface area contributed by atoms with E-state index in [9.17, 15) is 0 Å². The van der Waals surface area contributed by atoms with Gasteiger partial charge in [-0.25, -0.2) is 0 Å². The van der Waals surface area contributed by atoms with Crippen molar-refractivity contribution in [3.05, 3.63) is 12.4 Å². The van der Waals surface area contributed by atoms with E-state index >= 15 is 0 Å². The van der Waals surface area contributed by atoms with Crippen LogP contribution in [0.1, 0.15) is 33.6 Å². The van der Waals surface area contributed by atoms with Gasteiger partial charge in [0.1, 0.15) is 0 Å². The average molecular weight is 250 g/mol. The van der Waals surface area contributed by atoms with Gasteiger partial charge in [-0.2, -0.15) is 5.10 Å².